The lowest BCUT2D eigenvalue weighted by molar-refractivity contribution is -0.117. The predicted molar refractivity (Wildman–Crippen MR) is 79.6 cm³/mol. The number of carbonyl (C=O) groups excluding carboxylic acids is 1. The van der Waals surface area contributed by atoms with Crippen LogP contribution in [0, 0.1) is 12.8 Å². The van der Waals surface area contributed by atoms with Crippen LogP contribution in [0.15, 0.2) is 18.2 Å². The zero-order chi connectivity index (χ0) is 13.0. The fourth-order valence-electron chi connectivity index (χ4n) is 1.69. The summed E-state index contributed by atoms with van der Waals surface area (Å²) in [7, 11) is 0. The topological polar surface area (TPSA) is 64.3 Å². The average molecular weight is 285 g/mol. The van der Waals surface area contributed by atoms with Gasteiger partial charge in [-0.05, 0) is 43.4 Å². The first-order valence-corrected chi connectivity index (χ1v) is 6.39. The highest BCUT2D eigenvalue weighted by Crippen LogP contribution is 2.28. The standard InChI is InChI=1S/C14H20N2O2.ClH/c1-10-2-5-12(15)8-13(10)16-14(17)6-7-18-9-11-3-4-11;/h2,5,8,11H,3-4,6-7,9,15H2,1H3,(H,16,17);1H. The molecule has 4 nitrogen and oxygen atoms in total. The molecule has 0 aromatic heterocycles. The Morgan fingerprint density at radius 1 is 1.47 bits per heavy atom. The highest BCUT2D eigenvalue weighted by Gasteiger charge is 2.21. The van der Waals surface area contributed by atoms with Gasteiger partial charge in [0, 0.05) is 18.0 Å². The van der Waals surface area contributed by atoms with Crippen LogP contribution < -0.4 is 11.1 Å². The van der Waals surface area contributed by atoms with Gasteiger partial charge in [-0.2, -0.15) is 0 Å². The van der Waals surface area contributed by atoms with Gasteiger partial charge in [0.25, 0.3) is 0 Å². The molecule has 106 valence electrons. The minimum atomic E-state index is -0.0282. The number of anilines is 2. The van der Waals surface area contributed by atoms with Gasteiger partial charge < -0.3 is 15.8 Å². The van der Waals surface area contributed by atoms with Crippen LogP contribution in [0.5, 0.6) is 0 Å². The van der Waals surface area contributed by atoms with Gasteiger partial charge in [-0.1, -0.05) is 6.07 Å². The van der Waals surface area contributed by atoms with E-state index in [-0.39, 0.29) is 18.3 Å². The molecule has 19 heavy (non-hydrogen) atoms. The summed E-state index contributed by atoms with van der Waals surface area (Å²) in [5, 5.41) is 2.86. The molecule has 0 saturated heterocycles. The maximum atomic E-state index is 11.7. The Morgan fingerprint density at radius 2 is 2.21 bits per heavy atom. The van der Waals surface area contributed by atoms with Crippen molar-refractivity contribution in [2.24, 2.45) is 5.92 Å². The van der Waals surface area contributed by atoms with E-state index in [1.54, 1.807) is 6.07 Å². The molecule has 2 rings (SSSR count). The van der Waals surface area contributed by atoms with Crippen molar-refractivity contribution < 1.29 is 9.53 Å². The summed E-state index contributed by atoms with van der Waals surface area (Å²) >= 11 is 0. The van der Waals surface area contributed by atoms with Gasteiger partial charge in [0.1, 0.15) is 0 Å². The Balaban J connectivity index is 0.00000180. The Bertz CT molecular complexity index is 433. The third-order valence-corrected chi connectivity index (χ3v) is 3.06. The summed E-state index contributed by atoms with van der Waals surface area (Å²) in [6, 6.07) is 5.50. The fraction of sp³-hybridized carbons (Fsp3) is 0.500. The largest absolute Gasteiger partial charge is 0.399 e. The molecule has 1 fully saturated rings. The van der Waals surface area contributed by atoms with Gasteiger partial charge in [-0.3, -0.25) is 4.79 Å². The van der Waals surface area contributed by atoms with Crippen molar-refractivity contribution in [3.05, 3.63) is 23.8 Å². The lowest BCUT2D eigenvalue weighted by atomic mass is 10.2. The molecular formula is C14H21ClN2O2. The molecule has 1 aliphatic rings. The monoisotopic (exact) mass is 284 g/mol. The fourth-order valence-corrected chi connectivity index (χ4v) is 1.69. The zero-order valence-electron chi connectivity index (χ0n) is 11.1. The molecule has 0 heterocycles. The van der Waals surface area contributed by atoms with Gasteiger partial charge in [-0.15, -0.1) is 12.4 Å². The van der Waals surface area contributed by atoms with E-state index in [1.807, 2.05) is 19.1 Å². The number of nitrogens with two attached hydrogens (primary N) is 1. The molecule has 1 saturated carbocycles. The Kier molecular flexibility index (Phi) is 6.12. The minimum absolute atomic E-state index is 0. The Labute approximate surface area is 120 Å². The van der Waals surface area contributed by atoms with Crippen molar-refractivity contribution in [3.63, 3.8) is 0 Å². The summed E-state index contributed by atoms with van der Waals surface area (Å²) < 4.78 is 5.43. The van der Waals surface area contributed by atoms with Crippen LogP contribution in [0.3, 0.4) is 0 Å². The number of halogens is 1. The van der Waals surface area contributed by atoms with E-state index in [0.717, 1.165) is 23.8 Å². The molecule has 0 atom stereocenters. The number of nitrogens with one attached hydrogen (secondary N) is 1. The van der Waals surface area contributed by atoms with E-state index in [0.29, 0.717) is 18.7 Å². The van der Waals surface area contributed by atoms with Crippen molar-refractivity contribution in [1.29, 1.82) is 0 Å². The summed E-state index contributed by atoms with van der Waals surface area (Å²) in [5.41, 5.74) is 8.13. The van der Waals surface area contributed by atoms with Gasteiger partial charge in [-0.25, -0.2) is 0 Å². The van der Waals surface area contributed by atoms with Gasteiger partial charge in [0.05, 0.1) is 13.0 Å². The van der Waals surface area contributed by atoms with Gasteiger partial charge in [0.15, 0.2) is 0 Å². The Hall–Kier alpha value is -1.26. The lowest BCUT2D eigenvalue weighted by Gasteiger charge is -2.09. The molecule has 0 unspecified atom stereocenters. The summed E-state index contributed by atoms with van der Waals surface area (Å²) in [5.74, 6) is 0.712. The van der Waals surface area contributed by atoms with Crippen molar-refractivity contribution in [2.45, 2.75) is 26.2 Å². The minimum Gasteiger partial charge on any atom is -0.399 e. The van der Waals surface area contributed by atoms with Crippen LogP contribution in [0.2, 0.25) is 0 Å². The van der Waals surface area contributed by atoms with Crippen LogP contribution in [-0.2, 0) is 9.53 Å². The van der Waals surface area contributed by atoms with E-state index >= 15 is 0 Å². The molecule has 0 spiro atoms. The number of carbonyl (C=O) groups is 1. The number of aryl methyl sites for hydroxylation is 1. The second-order valence-corrected chi connectivity index (χ2v) is 4.89. The van der Waals surface area contributed by atoms with E-state index in [4.69, 9.17) is 10.5 Å². The second-order valence-electron chi connectivity index (χ2n) is 4.89. The Morgan fingerprint density at radius 3 is 2.89 bits per heavy atom. The van der Waals surface area contributed by atoms with Crippen LogP contribution in [0.1, 0.15) is 24.8 Å². The second kappa shape index (κ2) is 7.36. The number of nitrogen functional groups attached to an aromatic ring is 1. The van der Waals surface area contributed by atoms with Crippen LogP contribution in [0.25, 0.3) is 0 Å². The number of rotatable bonds is 6. The smallest absolute Gasteiger partial charge is 0.226 e. The normalized spacial score (nSPS) is 13.7. The first-order valence-electron chi connectivity index (χ1n) is 6.39. The van der Waals surface area contributed by atoms with E-state index in [1.165, 1.54) is 12.8 Å². The maximum Gasteiger partial charge on any atom is 0.226 e. The molecule has 1 amide bonds. The average Bonchev–Trinajstić information content (AvgIpc) is 3.13. The van der Waals surface area contributed by atoms with E-state index < -0.39 is 0 Å². The summed E-state index contributed by atoms with van der Waals surface area (Å²) in [6.07, 6.45) is 2.93. The SMILES string of the molecule is Cc1ccc(N)cc1NC(=O)CCOCC1CC1.Cl. The first-order chi connectivity index (χ1) is 8.65. The van der Waals surface area contributed by atoms with Crippen molar-refractivity contribution in [3.8, 4) is 0 Å². The zero-order valence-corrected chi connectivity index (χ0v) is 12.0. The first kappa shape index (κ1) is 15.8. The highest BCUT2D eigenvalue weighted by molar-refractivity contribution is 5.92. The predicted octanol–water partition coefficient (Wildman–Crippen LogP) is 2.75. The number of hydrogen-bond donors (Lipinski definition) is 2. The molecule has 3 N–H and O–H groups in total. The van der Waals surface area contributed by atoms with Gasteiger partial charge >= 0.3 is 0 Å². The van der Waals surface area contributed by atoms with Crippen LogP contribution in [-0.4, -0.2) is 19.1 Å². The van der Waals surface area contributed by atoms with Crippen LogP contribution >= 0.6 is 12.4 Å². The third-order valence-electron chi connectivity index (χ3n) is 3.06. The summed E-state index contributed by atoms with van der Waals surface area (Å²) in [4.78, 5) is 11.7. The third kappa shape index (κ3) is 5.49. The van der Waals surface area contributed by atoms with Crippen molar-refractivity contribution in [1.82, 2.24) is 0 Å². The molecular weight excluding hydrogens is 264 g/mol. The summed E-state index contributed by atoms with van der Waals surface area (Å²) in [6.45, 7) is 3.23. The number of ether oxygens (including phenoxy) is 1. The molecule has 5 heteroatoms. The molecule has 1 aliphatic carbocycles. The number of amides is 1. The lowest BCUT2D eigenvalue weighted by Crippen LogP contribution is -2.15. The maximum absolute atomic E-state index is 11.7. The molecule has 0 aliphatic heterocycles. The van der Waals surface area contributed by atoms with Crippen LogP contribution in [0.4, 0.5) is 11.4 Å². The highest BCUT2D eigenvalue weighted by atomic mass is 35.5. The number of hydrogen-bond acceptors (Lipinski definition) is 3. The van der Waals surface area contributed by atoms with E-state index in [9.17, 15) is 4.79 Å². The molecule has 1 aromatic rings. The molecule has 1 aromatic carbocycles. The van der Waals surface area contributed by atoms with Gasteiger partial charge in [0.2, 0.25) is 5.91 Å². The quantitative estimate of drug-likeness (QED) is 0.624. The number of benzene rings is 1. The molecule has 0 bridgehead atoms. The van der Waals surface area contributed by atoms with Crippen molar-refractivity contribution >= 4 is 29.7 Å². The van der Waals surface area contributed by atoms with Crippen molar-refractivity contribution in [2.75, 3.05) is 24.3 Å². The molecule has 0 radical (unpaired) electrons. The van der Waals surface area contributed by atoms with E-state index in [2.05, 4.69) is 5.32 Å².